The van der Waals surface area contributed by atoms with E-state index in [-0.39, 0.29) is 24.3 Å². The average molecular weight is 1240 g/mol. The van der Waals surface area contributed by atoms with Crippen LogP contribution < -0.4 is 58.9 Å². The van der Waals surface area contributed by atoms with E-state index in [1.165, 1.54) is 0 Å². The summed E-state index contributed by atoms with van der Waals surface area (Å²) in [7, 11) is 0. The Morgan fingerprint density at radius 1 is 0.300 bits per heavy atom. The molecule has 80 heavy (non-hydrogen) atoms. The second-order valence-electron chi connectivity index (χ2n) is 16.9. The number of amides is 10. The highest BCUT2D eigenvalue weighted by Gasteiger charge is 2.33. The van der Waals surface area contributed by atoms with Crippen LogP contribution in [0.15, 0.2) is 0 Å². The molecule has 0 rings (SSSR count). The van der Waals surface area contributed by atoms with E-state index in [0.29, 0.717) is 0 Å². The fraction of sp³-hybridized carbons (Fsp3) is 0.619. The lowest BCUT2D eigenvalue weighted by Gasteiger charge is -2.22. The van der Waals surface area contributed by atoms with Gasteiger partial charge in [-0.05, 0) is 32.1 Å². The van der Waals surface area contributed by atoms with Crippen LogP contribution in [0.1, 0.15) is 64.2 Å². The zero-order valence-corrected chi connectivity index (χ0v) is 46.6. The van der Waals surface area contributed by atoms with E-state index in [2.05, 4.69) is 111 Å². The van der Waals surface area contributed by atoms with E-state index in [0.717, 1.165) is 0 Å². The molecule has 0 aliphatic rings. The number of carboxylic acid groups (broad SMARTS) is 6. The third kappa shape index (κ3) is 29.4. The van der Waals surface area contributed by atoms with Crippen molar-refractivity contribution < 1.29 is 107 Å². The van der Waals surface area contributed by atoms with Crippen molar-refractivity contribution in [2.24, 2.45) is 5.73 Å². The number of aliphatic carboxylic acids is 6. The van der Waals surface area contributed by atoms with E-state index < -0.39 is 230 Å². The van der Waals surface area contributed by atoms with Gasteiger partial charge in [0.15, 0.2) is 0 Å². The van der Waals surface area contributed by atoms with Gasteiger partial charge in [0.25, 0.3) is 0 Å². The monoisotopic (exact) mass is 1240 g/mol. The van der Waals surface area contributed by atoms with Gasteiger partial charge in [0, 0.05) is 60.9 Å². The third-order valence-electron chi connectivity index (χ3n) is 10.7. The number of carbonyl (C=O) groups is 16. The Morgan fingerprint density at radius 3 is 0.700 bits per heavy atom. The Morgan fingerprint density at radius 2 is 0.512 bits per heavy atom. The van der Waals surface area contributed by atoms with Gasteiger partial charge < -0.3 is 89.5 Å². The molecule has 0 unspecified atom stereocenters. The Hall–Kier alpha value is -6.77. The van der Waals surface area contributed by atoms with Gasteiger partial charge in [0.2, 0.25) is 59.1 Å². The lowest BCUT2D eigenvalue weighted by atomic mass is 10.1. The molecule has 0 saturated carbocycles. The Labute approximate surface area is 482 Å². The number of carbonyl (C=O) groups excluding carboxylic acids is 10. The number of thiol groups is 5. The number of nitrogens with one attached hydrogen (secondary N) is 10. The van der Waals surface area contributed by atoms with Crippen molar-refractivity contribution in [1.82, 2.24) is 53.2 Å². The molecule has 0 radical (unpaired) electrons. The van der Waals surface area contributed by atoms with E-state index in [9.17, 15) is 97.1 Å². The SMILES string of the molecule is N[C@@H](CCC(=O)N[C@@H](CS)C(=O)N[C@@H](CCC(=O)N[C@@H](CS)C(=O)N[C@@H](CCC(=O)N[C@@H](CS)C(=O)N[C@@H](CCC(=O)N[C@@H](CS)C(=O)N[C@@H](CCC(=O)N[C@@H](CS)C(=O)NCC(=O)O)C(=O)O)C(=O)O)C(=O)O)C(=O)O)C(=O)O. The van der Waals surface area contributed by atoms with Gasteiger partial charge in [-0.2, -0.15) is 63.1 Å². The van der Waals surface area contributed by atoms with Gasteiger partial charge in [-0.25, -0.2) is 19.2 Å². The van der Waals surface area contributed by atoms with Crippen LogP contribution in [0.3, 0.4) is 0 Å². The normalized spacial score (nSPS) is 14.5. The number of rotatable bonds is 41. The minimum atomic E-state index is -1.79. The Kier molecular flexibility index (Phi) is 35.5. The maximum Gasteiger partial charge on any atom is 0.326 e. The highest BCUT2D eigenvalue weighted by atomic mass is 32.1. The smallest absolute Gasteiger partial charge is 0.326 e. The van der Waals surface area contributed by atoms with Crippen molar-refractivity contribution in [1.29, 1.82) is 0 Å². The summed E-state index contributed by atoms with van der Waals surface area (Å²) in [5, 5.41) is 78.1. The van der Waals surface area contributed by atoms with Gasteiger partial charge in [-0.3, -0.25) is 57.5 Å². The van der Waals surface area contributed by atoms with Gasteiger partial charge in [-0.15, -0.1) is 0 Å². The van der Waals surface area contributed by atoms with Gasteiger partial charge in [0.1, 0.15) is 67.0 Å². The molecule has 0 saturated heterocycles. The molecule has 450 valence electrons. The first-order valence-electron chi connectivity index (χ1n) is 23.6. The summed E-state index contributed by atoms with van der Waals surface area (Å²) in [4.78, 5) is 196. The topological polar surface area (TPSA) is 541 Å². The highest BCUT2D eigenvalue weighted by Crippen LogP contribution is 2.08. The van der Waals surface area contributed by atoms with E-state index in [1.807, 2.05) is 5.32 Å². The van der Waals surface area contributed by atoms with Crippen molar-refractivity contribution in [3.8, 4) is 0 Å². The van der Waals surface area contributed by atoms with Crippen LogP contribution in [0.4, 0.5) is 0 Å². The van der Waals surface area contributed by atoms with Crippen molar-refractivity contribution in [2.45, 2.75) is 125 Å². The second-order valence-corrected chi connectivity index (χ2v) is 18.7. The first-order chi connectivity index (χ1) is 37.4. The second kappa shape index (κ2) is 38.8. The maximum atomic E-state index is 13.1. The molecule has 33 nitrogen and oxygen atoms in total. The van der Waals surface area contributed by atoms with Crippen LogP contribution in [-0.2, 0) is 76.7 Å². The molecular weight excluding hydrogens is 1170 g/mol. The zero-order valence-electron chi connectivity index (χ0n) is 42.1. The molecule has 0 aliphatic heterocycles. The molecule has 0 aromatic carbocycles. The summed E-state index contributed by atoms with van der Waals surface area (Å²) < 4.78 is 0. The lowest BCUT2D eigenvalue weighted by molar-refractivity contribution is -0.143. The van der Waals surface area contributed by atoms with Gasteiger partial charge >= 0.3 is 35.8 Å². The molecule has 0 heterocycles. The van der Waals surface area contributed by atoms with Crippen molar-refractivity contribution in [2.75, 3.05) is 35.3 Å². The van der Waals surface area contributed by atoms with E-state index >= 15 is 0 Å². The van der Waals surface area contributed by atoms with Crippen LogP contribution in [0.25, 0.3) is 0 Å². The molecule has 0 bridgehead atoms. The summed E-state index contributed by atoms with van der Waals surface area (Å²) in [5.41, 5.74) is 5.36. The predicted octanol–water partition coefficient (Wildman–Crippen LogP) is -7.15. The molecule has 0 aromatic rings. The van der Waals surface area contributed by atoms with Crippen LogP contribution in [0.2, 0.25) is 0 Å². The number of nitrogens with two attached hydrogens (primary N) is 1. The molecule has 10 amide bonds. The summed E-state index contributed by atoms with van der Waals surface area (Å²) in [6.07, 6.45) is -5.48. The summed E-state index contributed by atoms with van der Waals surface area (Å²) in [6.45, 7) is -0.748. The molecule has 10 atom stereocenters. The minimum absolute atomic E-state index is 0.252. The van der Waals surface area contributed by atoms with Crippen molar-refractivity contribution in [3.63, 3.8) is 0 Å². The predicted molar refractivity (Wildman–Crippen MR) is 290 cm³/mol. The summed E-state index contributed by atoms with van der Waals surface area (Å²) in [6, 6.07) is -15.6. The van der Waals surface area contributed by atoms with Crippen LogP contribution in [-0.4, -0.2) is 221 Å². The van der Waals surface area contributed by atoms with Gasteiger partial charge in [0.05, 0.1) is 0 Å². The first-order valence-corrected chi connectivity index (χ1v) is 26.7. The molecule has 38 heteroatoms. The van der Waals surface area contributed by atoms with E-state index in [4.69, 9.17) is 15.9 Å². The standard InChI is InChI=1S/C42H65N11O22S5/c43-17(38(66)67)1-6-27(54)46-23(13-77)34(62)50-19(40(70)71)3-8-29(56)48-25(15-79)36(64)52-21(42(74)75)5-10-31(58)49-26(16-80)37(65)53-20(41(72)73)4-9-30(57)47-24(14-78)35(63)51-18(39(68)69)2-7-28(55)45-22(12-76)33(61)44-11-32(59)60/h17-26,76-80H,1-16,43H2,(H,44,61)(H,45,55)(H,46,54)(H,47,57)(H,48,56)(H,49,58)(H,50,62)(H,51,63)(H,52,64)(H,53,65)(H,59,60)(H,66,67)(H,68,69)(H,70,71)(H,72,73)(H,74,75)/t17-,18-,19-,20-,21-,22-,23-,24-,25-,26-/m0/s1. The first kappa shape index (κ1) is 73.2. The Balaban J connectivity index is 5.38. The number of hydrogen-bond acceptors (Lipinski definition) is 22. The van der Waals surface area contributed by atoms with E-state index in [1.54, 1.807) is 0 Å². The molecule has 0 aliphatic carbocycles. The molecular formula is C42H65N11O22S5. The third-order valence-corrected chi connectivity index (χ3v) is 12.5. The molecule has 0 fully saturated rings. The highest BCUT2D eigenvalue weighted by molar-refractivity contribution is 7.81. The molecule has 0 spiro atoms. The Bertz CT molecular complexity index is 2270. The zero-order chi connectivity index (χ0) is 61.4. The van der Waals surface area contributed by atoms with Gasteiger partial charge in [-0.1, -0.05) is 0 Å². The lowest BCUT2D eigenvalue weighted by Crippen LogP contribution is -2.54. The van der Waals surface area contributed by atoms with Crippen LogP contribution in [0, 0.1) is 0 Å². The molecule has 18 N–H and O–H groups in total. The minimum Gasteiger partial charge on any atom is -0.480 e. The quantitative estimate of drug-likeness (QED) is 0.0253. The largest absolute Gasteiger partial charge is 0.480 e. The van der Waals surface area contributed by atoms with Crippen molar-refractivity contribution in [3.05, 3.63) is 0 Å². The average Bonchev–Trinajstić information content (AvgIpc) is 3.39. The van der Waals surface area contributed by atoms with Crippen LogP contribution >= 0.6 is 63.1 Å². The number of hydrogen-bond donors (Lipinski definition) is 22. The maximum absolute atomic E-state index is 13.1. The summed E-state index contributed by atoms with van der Waals surface area (Å²) >= 11 is 19.8. The van der Waals surface area contributed by atoms with Crippen LogP contribution in [0.5, 0.6) is 0 Å². The fourth-order valence-corrected chi connectivity index (χ4v) is 7.51. The molecule has 0 aromatic heterocycles. The number of carboxylic acids is 6. The fourth-order valence-electron chi connectivity index (χ4n) is 6.22. The summed E-state index contributed by atoms with van der Waals surface area (Å²) in [5.74, 6) is -20.8. The van der Waals surface area contributed by atoms with Crippen molar-refractivity contribution >= 4 is 158 Å².